The second-order valence-electron chi connectivity index (χ2n) is 14.9. The molecule has 2 heteroatoms. The van der Waals surface area contributed by atoms with Gasteiger partial charge in [0.1, 0.15) is 22.3 Å². The molecule has 9 aromatic rings. The quantitative estimate of drug-likeness (QED) is 0.177. The molecule has 268 valence electrons. The maximum atomic E-state index is 6.54. The van der Waals surface area contributed by atoms with Gasteiger partial charge in [-0.05, 0) is 115 Å². The highest BCUT2D eigenvalue weighted by Crippen LogP contribution is 2.42. The molecule has 2 aliphatic rings. The topological polar surface area (TPSA) is 26.3 Å². The first-order chi connectivity index (χ1) is 28.2. The highest BCUT2D eigenvalue weighted by Gasteiger charge is 2.18. The van der Waals surface area contributed by atoms with Crippen molar-refractivity contribution in [3.63, 3.8) is 0 Å². The van der Waals surface area contributed by atoms with E-state index in [1.165, 1.54) is 38.6 Å². The first-order valence-corrected chi connectivity index (χ1v) is 19.5. The molecule has 57 heavy (non-hydrogen) atoms. The minimum atomic E-state index is 0.803. The SMILES string of the molecule is C=C1/C=C\C(c2ccc3oc4ccc5oc6ccc(-c7cccc8c9ccccc9c(cc7)/C=C\C=C/8)cc6c5c4c3c2)=C/Cc2ccccc2-c2ccccc21. The van der Waals surface area contributed by atoms with E-state index >= 15 is 0 Å². The summed E-state index contributed by atoms with van der Waals surface area (Å²) in [5, 5.41) is 6.70. The highest BCUT2D eigenvalue weighted by atomic mass is 16.3. The van der Waals surface area contributed by atoms with Crippen LogP contribution in [-0.4, -0.2) is 0 Å². The number of hydrogen-bond acceptors (Lipinski definition) is 2. The van der Waals surface area contributed by atoms with Crippen molar-refractivity contribution in [3.8, 4) is 22.3 Å². The zero-order chi connectivity index (χ0) is 37.9. The standard InChI is InChI=1S/C55H36O2/c1-35-21-22-37(24-26-40-13-4-5-19-46(40)47-20-9-6-16-43(35)47)42-28-30-51-49(34-42)55-53(57-51)32-31-52-54(55)48-33-41(27-29-50(48)56-52)36-14-10-15-38-11-2-3-12-39(25-23-36)45-18-8-7-17-44(38)45/h2-25,27-34H,1,26H2/b3-2?,11-2-,12-3-,14-10?,15-10?,22-21-,25-23?,36-14?,36-23?,37-24+,38-11?,38-15?,39-12?,39-25?,44-38?,45-39?. The first-order valence-electron chi connectivity index (χ1n) is 19.5. The fraction of sp³-hybridized carbons (Fsp3) is 0.0182. The van der Waals surface area contributed by atoms with Gasteiger partial charge >= 0.3 is 0 Å². The molecular weight excluding hydrogens is 693 g/mol. The zero-order valence-corrected chi connectivity index (χ0v) is 31.2. The largest absolute Gasteiger partial charge is 0.456 e. The predicted octanol–water partition coefficient (Wildman–Crippen LogP) is 15.3. The van der Waals surface area contributed by atoms with Crippen molar-refractivity contribution in [2.45, 2.75) is 6.42 Å². The minimum absolute atomic E-state index is 0.803. The Morgan fingerprint density at radius 2 is 0.982 bits per heavy atom. The van der Waals surface area contributed by atoms with Gasteiger partial charge in [-0.2, -0.15) is 0 Å². The Balaban J connectivity index is 1.07. The van der Waals surface area contributed by atoms with Gasteiger partial charge in [-0.15, -0.1) is 0 Å². The third-order valence-electron chi connectivity index (χ3n) is 11.5. The van der Waals surface area contributed by atoms with E-state index in [0.717, 1.165) is 83.7 Å². The Kier molecular flexibility index (Phi) is 7.75. The molecule has 0 saturated heterocycles. The van der Waals surface area contributed by atoms with Crippen LogP contribution in [0, 0.1) is 0 Å². The van der Waals surface area contributed by atoms with Crippen molar-refractivity contribution in [2.24, 2.45) is 0 Å². The van der Waals surface area contributed by atoms with Crippen molar-refractivity contribution in [1.82, 2.24) is 0 Å². The highest BCUT2D eigenvalue weighted by molar-refractivity contribution is 6.26. The van der Waals surface area contributed by atoms with Crippen molar-refractivity contribution < 1.29 is 8.83 Å². The molecule has 2 bridgehead atoms. The van der Waals surface area contributed by atoms with Gasteiger partial charge in [0.05, 0.1) is 0 Å². The van der Waals surface area contributed by atoms with E-state index in [1.807, 2.05) is 12.1 Å². The smallest absolute Gasteiger partial charge is 0.136 e. The number of allylic oxidation sites excluding steroid dienone is 7. The number of hydrogen-bond donors (Lipinski definition) is 0. The van der Waals surface area contributed by atoms with Crippen LogP contribution >= 0.6 is 0 Å². The zero-order valence-electron chi connectivity index (χ0n) is 31.2. The summed E-state index contributed by atoms with van der Waals surface area (Å²) in [4.78, 5) is 0. The van der Waals surface area contributed by atoms with E-state index in [2.05, 4.69) is 189 Å². The Morgan fingerprint density at radius 3 is 1.72 bits per heavy atom. The molecule has 0 radical (unpaired) electrons. The van der Waals surface area contributed by atoms with Crippen molar-refractivity contribution >= 4 is 77.9 Å². The van der Waals surface area contributed by atoms with Gasteiger partial charge in [0.15, 0.2) is 0 Å². The molecule has 11 rings (SSSR count). The lowest BCUT2D eigenvalue weighted by Gasteiger charge is -2.15. The van der Waals surface area contributed by atoms with E-state index < -0.39 is 0 Å². The van der Waals surface area contributed by atoms with Crippen molar-refractivity contribution in [2.75, 3.05) is 0 Å². The molecule has 0 fully saturated rings. The lowest BCUT2D eigenvalue weighted by molar-refractivity contribution is 0.663. The maximum Gasteiger partial charge on any atom is 0.136 e. The average Bonchev–Trinajstić information content (AvgIpc) is 3.81. The summed E-state index contributed by atoms with van der Waals surface area (Å²) in [7, 11) is 0. The molecule has 0 atom stereocenters. The van der Waals surface area contributed by atoms with Gasteiger partial charge in [0.2, 0.25) is 0 Å². The molecule has 2 aromatic heterocycles. The second-order valence-corrected chi connectivity index (χ2v) is 14.9. The molecule has 2 heterocycles. The summed E-state index contributed by atoms with van der Waals surface area (Å²) >= 11 is 0. The van der Waals surface area contributed by atoms with Crippen molar-refractivity contribution in [3.05, 3.63) is 216 Å². The second kappa shape index (κ2) is 13.4. The summed E-state index contributed by atoms with van der Waals surface area (Å²) in [6.07, 6.45) is 16.1. The summed E-state index contributed by atoms with van der Waals surface area (Å²) in [5.41, 5.74) is 16.1. The molecule has 0 aliphatic heterocycles. The Labute approximate surface area is 330 Å². The summed E-state index contributed by atoms with van der Waals surface area (Å²) in [6, 6.07) is 54.0. The van der Waals surface area contributed by atoms with Crippen LogP contribution in [0.25, 0.3) is 100 Å². The van der Waals surface area contributed by atoms with E-state index in [9.17, 15) is 0 Å². The molecule has 7 aromatic carbocycles. The van der Waals surface area contributed by atoms with Gasteiger partial charge in [-0.25, -0.2) is 0 Å². The molecule has 0 N–H and O–H groups in total. The summed E-state index contributed by atoms with van der Waals surface area (Å²) in [5.74, 6) is 0. The predicted molar refractivity (Wildman–Crippen MR) is 241 cm³/mol. The van der Waals surface area contributed by atoms with E-state index in [4.69, 9.17) is 8.83 Å². The first kappa shape index (κ1) is 33.0. The number of rotatable bonds is 2. The van der Waals surface area contributed by atoms with Gasteiger partial charge in [-0.3, -0.25) is 0 Å². The molecule has 0 spiro atoms. The summed E-state index contributed by atoms with van der Waals surface area (Å²) < 4.78 is 13.1. The van der Waals surface area contributed by atoms with Crippen LogP contribution in [0.15, 0.2) is 197 Å². The Hall–Kier alpha value is -7.42. The molecule has 2 aliphatic carbocycles. The number of furan rings is 2. The number of benzene rings is 6. The average molecular weight is 729 g/mol. The Morgan fingerprint density at radius 1 is 0.404 bits per heavy atom. The van der Waals surface area contributed by atoms with Crippen LogP contribution in [0.5, 0.6) is 0 Å². The van der Waals surface area contributed by atoms with Crippen LogP contribution in [0.1, 0.15) is 27.8 Å². The molecule has 0 saturated carbocycles. The monoisotopic (exact) mass is 728 g/mol. The van der Waals surface area contributed by atoms with Crippen LogP contribution in [-0.2, 0) is 6.42 Å². The van der Waals surface area contributed by atoms with E-state index in [0.29, 0.717) is 0 Å². The number of fused-ring (bicyclic) bond motifs is 10. The van der Waals surface area contributed by atoms with Crippen LogP contribution in [0.4, 0.5) is 0 Å². The van der Waals surface area contributed by atoms with Gasteiger partial charge in [0, 0.05) is 21.5 Å². The van der Waals surface area contributed by atoms with Gasteiger partial charge in [-0.1, -0.05) is 164 Å². The maximum absolute atomic E-state index is 6.54. The minimum Gasteiger partial charge on any atom is -0.456 e. The van der Waals surface area contributed by atoms with Gasteiger partial charge in [0.25, 0.3) is 0 Å². The van der Waals surface area contributed by atoms with Crippen LogP contribution in [0.3, 0.4) is 0 Å². The fourth-order valence-electron chi connectivity index (χ4n) is 8.69. The third-order valence-corrected chi connectivity index (χ3v) is 11.5. The van der Waals surface area contributed by atoms with E-state index in [-0.39, 0.29) is 0 Å². The van der Waals surface area contributed by atoms with Crippen LogP contribution < -0.4 is 0 Å². The molecule has 2 nitrogen and oxygen atoms in total. The molecule has 0 unspecified atom stereocenters. The molecular formula is C55H36O2. The van der Waals surface area contributed by atoms with Crippen molar-refractivity contribution in [1.29, 1.82) is 0 Å². The normalized spacial score (nSPS) is 16.1. The fourth-order valence-corrected chi connectivity index (χ4v) is 8.69. The third kappa shape index (κ3) is 5.65. The molecule has 0 amide bonds. The Bertz CT molecular complexity index is 3340. The summed E-state index contributed by atoms with van der Waals surface area (Å²) in [6.45, 7) is 4.50. The lowest BCUT2D eigenvalue weighted by Crippen LogP contribution is -1.95. The lowest BCUT2D eigenvalue weighted by atomic mass is 9.89. The van der Waals surface area contributed by atoms with Gasteiger partial charge < -0.3 is 8.83 Å². The van der Waals surface area contributed by atoms with Crippen LogP contribution in [0.2, 0.25) is 0 Å². The van der Waals surface area contributed by atoms with E-state index in [1.54, 1.807) is 0 Å².